The molecule has 3 rings (SSSR count). The van der Waals surface area contributed by atoms with Crippen molar-refractivity contribution >= 4 is 39.1 Å². The van der Waals surface area contributed by atoms with Crippen molar-refractivity contribution in [2.75, 3.05) is 18.4 Å². The number of nitrogens with zero attached hydrogens (tertiary/aromatic N) is 1. The lowest BCUT2D eigenvalue weighted by Gasteiger charge is -2.31. The molecule has 1 heterocycles. The zero-order valence-electron chi connectivity index (χ0n) is 17.5. The van der Waals surface area contributed by atoms with Crippen LogP contribution in [0.15, 0.2) is 53.4 Å². The minimum atomic E-state index is -3.75. The number of hydrogen-bond donors (Lipinski definition) is 2. The molecule has 166 valence electrons. The second kappa shape index (κ2) is 9.80. The summed E-state index contributed by atoms with van der Waals surface area (Å²) in [4.78, 5) is 27.1. The first-order valence-corrected chi connectivity index (χ1v) is 12.0. The fraction of sp³-hybridized carbons (Fsp3) is 0.364. The molecule has 2 N–H and O–H groups in total. The van der Waals surface area contributed by atoms with E-state index in [1.807, 2.05) is 30.3 Å². The number of carbonyl (C=O) groups is 2. The average molecular weight is 464 g/mol. The molecule has 9 heteroatoms. The highest BCUT2D eigenvalue weighted by molar-refractivity contribution is 7.89. The number of nitrogens with one attached hydrogen (secondary N) is 2. The van der Waals surface area contributed by atoms with Crippen molar-refractivity contribution in [2.45, 2.75) is 37.6 Å². The second-order valence-electron chi connectivity index (χ2n) is 7.84. The Bertz CT molecular complexity index is 1050. The van der Waals surface area contributed by atoms with Crippen molar-refractivity contribution in [1.82, 2.24) is 9.62 Å². The molecule has 2 aromatic rings. The van der Waals surface area contributed by atoms with Crippen LogP contribution >= 0.6 is 11.6 Å². The van der Waals surface area contributed by atoms with Crippen molar-refractivity contribution in [2.24, 2.45) is 5.92 Å². The van der Waals surface area contributed by atoms with Crippen molar-refractivity contribution in [3.8, 4) is 0 Å². The molecule has 31 heavy (non-hydrogen) atoms. The average Bonchev–Trinajstić information content (AvgIpc) is 2.73. The van der Waals surface area contributed by atoms with Gasteiger partial charge in [-0.15, -0.1) is 0 Å². The zero-order valence-corrected chi connectivity index (χ0v) is 19.0. The minimum Gasteiger partial charge on any atom is -0.339 e. The summed E-state index contributed by atoms with van der Waals surface area (Å²) in [7, 11) is -3.75. The van der Waals surface area contributed by atoms with Crippen LogP contribution in [-0.2, 0) is 14.8 Å². The lowest BCUT2D eigenvalue weighted by Crippen LogP contribution is -2.41. The molecule has 0 radical (unpaired) electrons. The molecular formula is C22H26ClN3O4S. The molecule has 0 unspecified atom stereocenters. The summed E-state index contributed by atoms with van der Waals surface area (Å²) in [6.07, 6.45) is 1.05. The van der Waals surface area contributed by atoms with E-state index in [9.17, 15) is 18.0 Å². The molecule has 0 spiro atoms. The molecule has 1 aliphatic rings. The lowest BCUT2D eigenvalue weighted by atomic mass is 9.95. The number of anilines is 1. The summed E-state index contributed by atoms with van der Waals surface area (Å²) in [6, 6.07) is 13.1. The van der Waals surface area contributed by atoms with Gasteiger partial charge in [-0.3, -0.25) is 9.59 Å². The first-order valence-electron chi connectivity index (χ1n) is 10.1. The maximum atomic E-state index is 13.0. The van der Waals surface area contributed by atoms with E-state index >= 15 is 0 Å². The fourth-order valence-electron chi connectivity index (χ4n) is 3.49. The summed E-state index contributed by atoms with van der Waals surface area (Å²) >= 11 is 6.21. The summed E-state index contributed by atoms with van der Waals surface area (Å²) in [6.45, 7) is 4.22. The Morgan fingerprint density at radius 1 is 1.06 bits per heavy atom. The Hall–Kier alpha value is -2.42. The maximum absolute atomic E-state index is 13.0. The molecule has 0 atom stereocenters. The molecule has 0 aliphatic carbocycles. The van der Waals surface area contributed by atoms with Gasteiger partial charge >= 0.3 is 0 Å². The van der Waals surface area contributed by atoms with Crippen molar-refractivity contribution in [3.63, 3.8) is 0 Å². The number of rotatable bonds is 6. The number of likely N-dealkylation sites (tertiary alicyclic amines) is 1. The normalized spacial score (nSPS) is 15.2. The largest absolute Gasteiger partial charge is 0.339 e. The van der Waals surface area contributed by atoms with Crippen LogP contribution < -0.4 is 10.0 Å². The third-order valence-corrected chi connectivity index (χ3v) is 7.05. The van der Waals surface area contributed by atoms with Gasteiger partial charge in [0, 0.05) is 30.7 Å². The smallest absolute Gasteiger partial charge is 0.255 e. The quantitative estimate of drug-likeness (QED) is 0.685. The molecule has 0 bridgehead atoms. The highest BCUT2D eigenvalue weighted by Crippen LogP contribution is 2.25. The molecule has 1 aliphatic heterocycles. The molecule has 0 saturated carbocycles. The highest BCUT2D eigenvalue weighted by Gasteiger charge is 2.29. The first kappa shape index (κ1) is 23.2. The standard InChI is InChI=1S/C22H26ClN3O4S/c1-15(2)25-31(29,30)18-8-9-20(23)19(14-18)22(28)26-12-10-16(11-13-26)21(27)24-17-6-4-3-5-7-17/h3-9,14-16,25H,10-13H2,1-2H3,(H,24,27). The predicted octanol–water partition coefficient (Wildman–Crippen LogP) is 3.52. The molecule has 0 aromatic heterocycles. The molecule has 1 fully saturated rings. The Kier molecular flexibility index (Phi) is 7.35. The van der Waals surface area contributed by atoms with Gasteiger partial charge in [0.25, 0.3) is 5.91 Å². The van der Waals surface area contributed by atoms with Gasteiger partial charge in [0.05, 0.1) is 15.5 Å². The number of amides is 2. The van der Waals surface area contributed by atoms with Crippen LogP contribution in [0.25, 0.3) is 0 Å². The van der Waals surface area contributed by atoms with E-state index in [1.54, 1.807) is 18.7 Å². The van der Waals surface area contributed by atoms with Crippen LogP contribution in [0.3, 0.4) is 0 Å². The van der Waals surface area contributed by atoms with E-state index in [4.69, 9.17) is 11.6 Å². The van der Waals surface area contributed by atoms with Crippen molar-refractivity contribution < 1.29 is 18.0 Å². The summed E-state index contributed by atoms with van der Waals surface area (Å²) in [5, 5.41) is 3.09. The SMILES string of the molecule is CC(C)NS(=O)(=O)c1ccc(Cl)c(C(=O)N2CCC(C(=O)Nc3ccccc3)CC2)c1. The van der Waals surface area contributed by atoms with E-state index in [0.29, 0.717) is 25.9 Å². The summed E-state index contributed by atoms with van der Waals surface area (Å²) < 4.78 is 27.4. The Labute approximate surface area is 187 Å². The van der Waals surface area contributed by atoms with Gasteiger partial charge in [-0.2, -0.15) is 0 Å². The molecule has 7 nitrogen and oxygen atoms in total. The molecule has 1 saturated heterocycles. The van der Waals surface area contributed by atoms with Gasteiger partial charge in [-0.25, -0.2) is 13.1 Å². The first-order chi connectivity index (χ1) is 14.7. The van der Waals surface area contributed by atoms with Gasteiger partial charge in [-0.05, 0) is 57.0 Å². The number of carbonyl (C=O) groups excluding carboxylic acids is 2. The number of piperidine rings is 1. The summed E-state index contributed by atoms with van der Waals surface area (Å²) in [5.74, 6) is -0.598. The van der Waals surface area contributed by atoms with Crippen LogP contribution in [0.1, 0.15) is 37.0 Å². The predicted molar refractivity (Wildman–Crippen MR) is 121 cm³/mol. The van der Waals surface area contributed by atoms with Gasteiger partial charge in [0.2, 0.25) is 15.9 Å². The van der Waals surface area contributed by atoms with E-state index in [1.165, 1.54) is 18.2 Å². The topological polar surface area (TPSA) is 95.6 Å². The summed E-state index contributed by atoms with van der Waals surface area (Å²) in [5.41, 5.74) is 0.881. The number of para-hydroxylation sites is 1. The van der Waals surface area contributed by atoms with E-state index in [2.05, 4.69) is 10.0 Å². The number of hydrogen-bond acceptors (Lipinski definition) is 4. The fourth-order valence-corrected chi connectivity index (χ4v) is 4.97. The van der Waals surface area contributed by atoms with Gasteiger partial charge < -0.3 is 10.2 Å². The van der Waals surface area contributed by atoms with Gasteiger partial charge in [-0.1, -0.05) is 29.8 Å². The van der Waals surface area contributed by atoms with Gasteiger partial charge in [0.15, 0.2) is 0 Å². The molecule has 2 aromatic carbocycles. The second-order valence-corrected chi connectivity index (χ2v) is 9.96. The van der Waals surface area contributed by atoms with Crippen molar-refractivity contribution in [3.05, 3.63) is 59.1 Å². The Morgan fingerprint density at radius 3 is 2.32 bits per heavy atom. The van der Waals surface area contributed by atoms with Crippen LogP contribution in [0, 0.1) is 5.92 Å². The van der Waals surface area contributed by atoms with Crippen LogP contribution in [0.2, 0.25) is 5.02 Å². The van der Waals surface area contributed by atoms with E-state index in [0.717, 1.165) is 5.69 Å². The lowest BCUT2D eigenvalue weighted by molar-refractivity contribution is -0.121. The molecule has 2 amide bonds. The zero-order chi connectivity index (χ0) is 22.6. The van der Waals surface area contributed by atoms with E-state index in [-0.39, 0.29) is 39.3 Å². The molecular weight excluding hydrogens is 438 g/mol. The number of halogens is 1. The van der Waals surface area contributed by atoms with Gasteiger partial charge in [0.1, 0.15) is 0 Å². The third-order valence-electron chi connectivity index (χ3n) is 5.06. The van der Waals surface area contributed by atoms with E-state index < -0.39 is 10.0 Å². The van der Waals surface area contributed by atoms with Crippen LogP contribution in [0.4, 0.5) is 5.69 Å². The highest BCUT2D eigenvalue weighted by atomic mass is 35.5. The van der Waals surface area contributed by atoms with Crippen molar-refractivity contribution in [1.29, 1.82) is 0 Å². The maximum Gasteiger partial charge on any atom is 0.255 e. The van der Waals surface area contributed by atoms with Crippen LogP contribution in [0.5, 0.6) is 0 Å². The monoisotopic (exact) mass is 463 g/mol. The number of benzene rings is 2. The minimum absolute atomic E-state index is 0.00826. The number of sulfonamides is 1. The Morgan fingerprint density at radius 2 is 1.71 bits per heavy atom. The third kappa shape index (κ3) is 5.84. The van der Waals surface area contributed by atoms with Crippen LogP contribution in [-0.4, -0.2) is 44.3 Å². The Balaban J connectivity index is 1.66.